The third kappa shape index (κ3) is 5.53. The minimum absolute atomic E-state index is 0.153. The average molecular weight is 470 g/mol. The molecule has 0 aromatic heterocycles. The average Bonchev–Trinajstić information content (AvgIpc) is 2.81. The topological polar surface area (TPSA) is 97.0 Å². The summed E-state index contributed by atoms with van der Waals surface area (Å²) in [6, 6.07) is 10.8. The van der Waals surface area contributed by atoms with Crippen LogP contribution in [0.4, 0.5) is 10.1 Å². The summed E-state index contributed by atoms with van der Waals surface area (Å²) in [5, 5.41) is 5.53. The molecule has 4 rings (SSSR count). The highest BCUT2D eigenvalue weighted by molar-refractivity contribution is 5.99. The lowest BCUT2D eigenvalue weighted by Gasteiger charge is -2.42. The molecular weight excluding hydrogens is 441 g/mol. The van der Waals surface area contributed by atoms with Crippen molar-refractivity contribution in [3.8, 4) is 5.75 Å². The molecule has 0 saturated carbocycles. The molecule has 8 nitrogen and oxygen atoms in total. The maximum absolute atomic E-state index is 13.2. The van der Waals surface area contributed by atoms with E-state index in [9.17, 15) is 18.8 Å². The van der Waals surface area contributed by atoms with Crippen molar-refractivity contribution in [1.29, 1.82) is 0 Å². The van der Waals surface area contributed by atoms with Crippen molar-refractivity contribution in [1.82, 2.24) is 10.2 Å². The number of hydrogen-bond acceptors (Lipinski definition) is 5. The summed E-state index contributed by atoms with van der Waals surface area (Å²) >= 11 is 0. The van der Waals surface area contributed by atoms with E-state index < -0.39 is 0 Å². The van der Waals surface area contributed by atoms with Crippen LogP contribution in [-0.4, -0.2) is 54.5 Å². The number of fused-ring (bicyclic) bond motifs is 2. The van der Waals surface area contributed by atoms with E-state index in [1.807, 2.05) is 0 Å². The summed E-state index contributed by atoms with van der Waals surface area (Å²) in [7, 11) is 1.74. The van der Waals surface area contributed by atoms with Crippen LogP contribution < -0.4 is 15.4 Å². The van der Waals surface area contributed by atoms with Gasteiger partial charge in [-0.1, -0.05) is 12.1 Å². The second kappa shape index (κ2) is 10.2. The van der Waals surface area contributed by atoms with Gasteiger partial charge < -0.3 is 25.0 Å². The van der Waals surface area contributed by atoms with Gasteiger partial charge in [0, 0.05) is 26.2 Å². The number of nitrogens with zero attached hydrogens (tertiary/aromatic N) is 1. The lowest BCUT2D eigenvalue weighted by atomic mass is 9.94. The Balaban J connectivity index is 1.38. The normalized spacial score (nSPS) is 21.9. The van der Waals surface area contributed by atoms with Crippen molar-refractivity contribution in [2.45, 2.75) is 51.0 Å². The van der Waals surface area contributed by atoms with Crippen molar-refractivity contribution in [3.05, 3.63) is 59.4 Å². The lowest BCUT2D eigenvalue weighted by molar-refractivity contribution is -0.134. The summed E-state index contributed by atoms with van der Waals surface area (Å²) in [4.78, 5) is 38.6. The van der Waals surface area contributed by atoms with Crippen LogP contribution in [0.2, 0.25) is 0 Å². The second-order valence-electron chi connectivity index (χ2n) is 8.67. The molecule has 3 amide bonds. The predicted molar refractivity (Wildman–Crippen MR) is 123 cm³/mol. The molecule has 0 radical (unpaired) electrons. The van der Waals surface area contributed by atoms with Gasteiger partial charge in [-0.25, -0.2) is 4.39 Å². The zero-order chi connectivity index (χ0) is 24.2. The molecule has 0 unspecified atom stereocenters. The Hall–Kier alpha value is -3.46. The van der Waals surface area contributed by atoms with Crippen LogP contribution in [0.25, 0.3) is 0 Å². The van der Waals surface area contributed by atoms with Crippen LogP contribution in [0, 0.1) is 5.82 Å². The van der Waals surface area contributed by atoms with Crippen LogP contribution in [0.5, 0.6) is 5.75 Å². The molecule has 1 fully saturated rings. The van der Waals surface area contributed by atoms with E-state index in [-0.39, 0.29) is 54.8 Å². The van der Waals surface area contributed by atoms with Gasteiger partial charge in [0.2, 0.25) is 11.8 Å². The van der Waals surface area contributed by atoms with Gasteiger partial charge in [0.05, 0.1) is 24.1 Å². The van der Waals surface area contributed by atoms with E-state index in [2.05, 4.69) is 10.6 Å². The molecule has 0 bridgehead atoms. The quantitative estimate of drug-likeness (QED) is 0.702. The van der Waals surface area contributed by atoms with Crippen LogP contribution in [0.15, 0.2) is 42.5 Å². The van der Waals surface area contributed by atoms with Crippen molar-refractivity contribution < 1.29 is 28.2 Å². The number of hydrogen-bond donors (Lipinski definition) is 2. The minimum Gasteiger partial charge on any atom is -0.490 e. The fourth-order valence-electron chi connectivity index (χ4n) is 4.39. The highest BCUT2D eigenvalue weighted by atomic mass is 19.1. The molecule has 180 valence electrons. The lowest BCUT2D eigenvalue weighted by Crippen LogP contribution is -2.53. The number of halogens is 1. The summed E-state index contributed by atoms with van der Waals surface area (Å²) in [5.41, 5.74) is 1.73. The summed E-state index contributed by atoms with van der Waals surface area (Å²) in [6.07, 6.45) is 0.830. The number of rotatable bonds is 5. The number of amides is 3. The zero-order valence-electron chi connectivity index (χ0n) is 19.2. The standard InChI is InChI=1S/C25H28FN3O5/c1-15(30)28-18-7-10-22-20(11-18)25(32)29(2)21-9-8-19(34-23(21)14-33-22)12-24(31)27-13-16-3-5-17(26)6-4-16/h3-7,10-11,19,21,23H,8-9,12-14H2,1-2H3,(H,27,31)(H,28,30)/t19-,21+,23-/m1/s1. The summed E-state index contributed by atoms with van der Waals surface area (Å²) in [5.74, 6) is -0.482. The molecular formula is C25H28FN3O5. The number of likely N-dealkylation sites (N-methyl/N-ethyl adjacent to an activating group) is 1. The van der Waals surface area contributed by atoms with Gasteiger partial charge in [-0.3, -0.25) is 14.4 Å². The predicted octanol–water partition coefficient (Wildman–Crippen LogP) is 2.87. The Morgan fingerprint density at radius 2 is 1.91 bits per heavy atom. The third-order valence-corrected chi connectivity index (χ3v) is 6.15. The first-order valence-corrected chi connectivity index (χ1v) is 11.3. The third-order valence-electron chi connectivity index (χ3n) is 6.15. The fraction of sp³-hybridized carbons (Fsp3) is 0.400. The summed E-state index contributed by atoms with van der Waals surface area (Å²) < 4.78 is 25.1. The number of ether oxygens (including phenoxy) is 2. The molecule has 1 saturated heterocycles. The fourth-order valence-corrected chi connectivity index (χ4v) is 4.39. The highest BCUT2D eigenvalue weighted by Gasteiger charge is 2.39. The largest absolute Gasteiger partial charge is 0.490 e. The molecule has 2 aliphatic heterocycles. The van der Waals surface area contributed by atoms with E-state index in [0.717, 1.165) is 5.56 Å². The van der Waals surface area contributed by atoms with Crippen molar-refractivity contribution in [2.75, 3.05) is 19.0 Å². The molecule has 2 aliphatic rings. The molecule has 2 aromatic carbocycles. The molecule has 2 heterocycles. The van der Waals surface area contributed by atoms with Gasteiger partial charge in [0.1, 0.15) is 24.3 Å². The monoisotopic (exact) mass is 469 g/mol. The SMILES string of the molecule is CC(=O)Nc1ccc2c(c1)C(=O)N(C)[C@H]1CC[C@H](CC(=O)NCc3ccc(F)cc3)O[C@@H]1CO2. The molecule has 3 atom stereocenters. The summed E-state index contributed by atoms with van der Waals surface area (Å²) in [6.45, 7) is 1.96. The Labute approximate surface area is 197 Å². The maximum Gasteiger partial charge on any atom is 0.257 e. The Bertz CT molecular complexity index is 1070. The molecule has 2 aromatic rings. The number of benzene rings is 2. The highest BCUT2D eigenvalue weighted by Crippen LogP contribution is 2.32. The molecule has 0 aliphatic carbocycles. The van der Waals surface area contributed by atoms with E-state index in [0.29, 0.717) is 36.4 Å². The van der Waals surface area contributed by atoms with Gasteiger partial charge in [0.25, 0.3) is 5.91 Å². The van der Waals surface area contributed by atoms with Crippen molar-refractivity contribution >= 4 is 23.4 Å². The van der Waals surface area contributed by atoms with Gasteiger partial charge in [-0.2, -0.15) is 0 Å². The maximum atomic E-state index is 13.2. The molecule has 2 N–H and O–H groups in total. The van der Waals surface area contributed by atoms with Gasteiger partial charge in [-0.15, -0.1) is 0 Å². The smallest absolute Gasteiger partial charge is 0.257 e. The Kier molecular flexibility index (Phi) is 7.12. The molecule has 0 spiro atoms. The van der Waals surface area contributed by atoms with Gasteiger partial charge in [0.15, 0.2) is 0 Å². The zero-order valence-corrected chi connectivity index (χ0v) is 19.2. The molecule has 34 heavy (non-hydrogen) atoms. The van der Waals surface area contributed by atoms with E-state index in [1.165, 1.54) is 19.1 Å². The second-order valence-corrected chi connectivity index (χ2v) is 8.67. The van der Waals surface area contributed by atoms with Crippen LogP contribution in [-0.2, 0) is 20.9 Å². The number of carbonyl (C=O) groups is 3. The van der Waals surface area contributed by atoms with E-state index in [4.69, 9.17) is 9.47 Å². The number of anilines is 1. The Morgan fingerprint density at radius 1 is 1.15 bits per heavy atom. The molecule has 9 heteroatoms. The van der Waals surface area contributed by atoms with E-state index in [1.54, 1.807) is 42.3 Å². The van der Waals surface area contributed by atoms with Crippen molar-refractivity contribution in [3.63, 3.8) is 0 Å². The first kappa shape index (κ1) is 23.7. The Morgan fingerprint density at radius 3 is 2.65 bits per heavy atom. The minimum atomic E-state index is -0.374. The van der Waals surface area contributed by atoms with Crippen LogP contribution >= 0.6 is 0 Å². The van der Waals surface area contributed by atoms with Crippen LogP contribution in [0.1, 0.15) is 42.1 Å². The van der Waals surface area contributed by atoms with E-state index >= 15 is 0 Å². The first-order chi connectivity index (χ1) is 16.3. The van der Waals surface area contributed by atoms with Crippen LogP contribution in [0.3, 0.4) is 0 Å². The van der Waals surface area contributed by atoms with Gasteiger partial charge >= 0.3 is 0 Å². The number of nitrogens with one attached hydrogen (secondary N) is 2. The number of carbonyl (C=O) groups excluding carboxylic acids is 3. The van der Waals surface area contributed by atoms with Gasteiger partial charge in [-0.05, 0) is 48.7 Å². The first-order valence-electron chi connectivity index (χ1n) is 11.3. The van der Waals surface area contributed by atoms with Crippen molar-refractivity contribution in [2.24, 2.45) is 0 Å².